The topological polar surface area (TPSA) is 64.2 Å². The van der Waals surface area contributed by atoms with Crippen LogP contribution in [0.3, 0.4) is 0 Å². The molecule has 2 aromatic heterocycles. The molecule has 132 valence electrons. The van der Waals surface area contributed by atoms with Crippen LogP contribution < -0.4 is 5.32 Å². The van der Waals surface area contributed by atoms with E-state index in [1.54, 1.807) is 0 Å². The van der Waals surface area contributed by atoms with E-state index in [0.29, 0.717) is 22.1 Å². The number of nitrogens with zero attached hydrogens (tertiary/aromatic N) is 1. The van der Waals surface area contributed by atoms with Crippen molar-refractivity contribution in [3.63, 3.8) is 0 Å². The summed E-state index contributed by atoms with van der Waals surface area (Å²) in [6.07, 6.45) is 3.21. The molecular weight excluding hydrogens is 347 g/mol. The van der Waals surface area contributed by atoms with E-state index in [-0.39, 0.29) is 11.1 Å². The molecule has 1 N–H and O–H groups in total. The number of carbonyl (C=O) groups excluding carboxylic acids is 2. The van der Waals surface area contributed by atoms with E-state index in [4.69, 9.17) is 4.42 Å². The average molecular weight is 360 g/mol. The van der Waals surface area contributed by atoms with Gasteiger partial charge in [-0.05, 0) is 24.3 Å². The predicted octanol–water partition coefficient (Wildman–Crippen LogP) is 3.63. The number of nitrogens with one attached hydrogen (secondary N) is 1. The van der Waals surface area contributed by atoms with Crippen LogP contribution in [0.4, 0.5) is 4.39 Å². The van der Waals surface area contributed by atoms with Gasteiger partial charge in [-0.1, -0.05) is 18.2 Å². The normalized spacial score (nSPS) is 14.6. The molecule has 27 heavy (non-hydrogen) atoms. The summed E-state index contributed by atoms with van der Waals surface area (Å²) in [5.74, 6) is -1.44. The van der Waals surface area contributed by atoms with Crippen LogP contribution in [0, 0.1) is 5.82 Å². The highest BCUT2D eigenvalue weighted by molar-refractivity contribution is 6.50. The average Bonchev–Trinajstić information content (AvgIpc) is 3.29. The first-order valence-electron chi connectivity index (χ1n) is 8.36. The van der Waals surface area contributed by atoms with Gasteiger partial charge in [-0.2, -0.15) is 0 Å². The summed E-state index contributed by atoms with van der Waals surface area (Å²) in [5.41, 5.74) is 2.90. The van der Waals surface area contributed by atoms with Crippen molar-refractivity contribution in [2.75, 3.05) is 0 Å². The van der Waals surface area contributed by atoms with Crippen molar-refractivity contribution in [3.8, 4) is 0 Å². The number of rotatable bonds is 2. The summed E-state index contributed by atoms with van der Waals surface area (Å²) in [4.78, 5) is 25.2. The molecular formula is C21H13FN2O3. The maximum atomic E-state index is 13.8. The zero-order valence-electron chi connectivity index (χ0n) is 14.2. The first-order valence-corrected chi connectivity index (χ1v) is 8.36. The van der Waals surface area contributed by atoms with Gasteiger partial charge in [0.15, 0.2) is 0 Å². The molecule has 0 atom stereocenters. The van der Waals surface area contributed by atoms with Gasteiger partial charge in [0.25, 0.3) is 11.8 Å². The Kier molecular flexibility index (Phi) is 3.12. The lowest BCUT2D eigenvalue weighted by Gasteiger charge is -2.02. The highest BCUT2D eigenvalue weighted by atomic mass is 19.1. The molecule has 0 fully saturated rings. The predicted molar refractivity (Wildman–Crippen MR) is 99.1 cm³/mol. The van der Waals surface area contributed by atoms with Crippen molar-refractivity contribution < 1.29 is 18.4 Å². The number of halogens is 1. The second kappa shape index (κ2) is 5.41. The minimum absolute atomic E-state index is 0.195. The van der Waals surface area contributed by atoms with E-state index >= 15 is 0 Å². The number of carbonyl (C=O) groups is 2. The van der Waals surface area contributed by atoms with Gasteiger partial charge in [0.05, 0.1) is 17.4 Å². The SMILES string of the molecule is Cn1cc(C2=C(c3coc4ccc(F)cc34)C(=O)NC2=O)c2ccccc21. The summed E-state index contributed by atoms with van der Waals surface area (Å²) in [6.45, 7) is 0. The third-order valence-electron chi connectivity index (χ3n) is 4.90. The second-order valence-electron chi connectivity index (χ2n) is 6.49. The summed E-state index contributed by atoms with van der Waals surface area (Å²) in [7, 11) is 1.88. The number of hydrogen-bond donors (Lipinski definition) is 1. The second-order valence-corrected chi connectivity index (χ2v) is 6.49. The van der Waals surface area contributed by atoms with Crippen LogP contribution in [0.25, 0.3) is 33.0 Å². The van der Waals surface area contributed by atoms with Gasteiger partial charge in [0.2, 0.25) is 0 Å². The molecule has 3 heterocycles. The molecule has 0 saturated heterocycles. The van der Waals surface area contributed by atoms with Gasteiger partial charge in [-0.25, -0.2) is 4.39 Å². The first kappa shape index (κ1) is 15.6. The molecule has 2 amide bonds. The summed E-state index contributed by atoms with van der Waals surface area (Å²) in [6, 6.07) is 11.7. The van der Waals surface area contributed by atoms with E-state index in [2.05, 4.69) is 5.32 Å². The number of aryl methyl sites for hydroxylation is 1. The lowest BCUT2D eigenvalue weighted by molar-refractivity contribution is -0.122. The molecule has 0 unspecified atom stereocenters. The van der Waals surface area contributed by atoms with Crippen LogP contribution in [-0.4, -0.2) is 16.4 Å². The molecule has 1 aliphatic rings. The van der Waals surface area contributed by atoms with E-state index in [1.807, 2.05) is 42.1 Å². The Labute approximate surface area is 152 Å². The molecule has 6 heteroatoms. The number of hydrogen-bond acceptors (Lipinski definition) is 3. The number of aromatic nitrogens is 1. The van der Waals surface area contributed by atoms with Gasteiger partial charge in [-0.15, -0.1) is 0 Å². The third-order valence-corrected chi connectivity index (χ3v) is 4.90. The molecule has 1 aliphatic heterocycles. The van der Waals surface area contributed by atoms with Gasteiger partial charge < -0.3 is 8.98 Å². The Morgan fingerprint density at radius 2 is 1.70 bits per heavy atom. The van der Waals surface area contributed by atoms with Crippen LogP contribution in [0.15, 0.2) is 59.3 Å². The van der Waals surface area contributed by atoms with Crippen LogP contribution in [0.2, 0.25) is 0 Å². The highest BCUT2D eigenvalue weighted by Crippen LogP contribution is 2.38. The summed E-state index contributed by atoms with van der Waals surface area (Å²) >= 11 is 0. The molecule has 5 nitrogen and oxygen atoms in total. The van der Waals surface area contributed by atoms with Crippen LogP contribution in [0.1, 0.15) is 11.1 Å². The quantitative estimate of drug-likeness (QED) is 0.555. The van der Waals surface area contributed by atoms with Crippen LogP contribution >= 0.6 is 0 Å². The minimum atomic E-state index is -0.519. The molecule has 0 bridgehead atoms. The van der Waals surface area contributed by atoms with Gasteiger partial charge in [0.1, 0.15) is 11.4 Å². The number of furan rings is 1. The number of imide groups is 1. The van der Waals surface area contributed by atoms with Crippen LogP contribution in [-0.2, 0) is 16.6 Å². The van der Waals surface area contributed by atoms with Crippen molar-refractivity contribution in [1.82, 2.24) is 9.88 Å². The standard InChI is InChI=1S/C21H13FN2O3/c1-24-9-14(12-4-2-3-5-16(12)24)18-19(21(26)23-20(18)25)15-10-27-17-7-6-11(22)8-13(15)17/h2-10H,1H3,(H,23,25,26). The van der Waals surface area contributed by atoms with E-state index in [1.165, 1.54) is 24.5 Å². The molecule has 0 saturated carbocycles. The van der Waals surface area contributed by atoms with E-state index in [9.17, 15) is 14.0 Å². The van der Waals surface area contributed by atoms with Crippen molar-refractivity contribution in [1.29, 1.82) is 0 Å². The lowest BCUT2D eigenvalue weighted by Crippen LogP contribution is -2.22. The summed E-state index contributed by atoms with van der Waals surface area (Å²) in [5, 5.41) is 3.67. The fraction of sp³-hybridized carbons (Fsp3) is 0.0476. The monoisotopic (exact) mass is 360 g/mol. The fourth-order valence-electron chi connectivity index (χ4n) is 3.70. The minimum Gasteiger partial charge on any atom is -0.464 e. The maximum Gasteiger partial charge on any atom is 0.259 e. The molecule has 5 rings (SSSR count). The molecule has 2 aromatic carbocycles. The Bertz CT molecular complexity index is 1310. The van der Waals surface area contributed by atoms with Crippen molar-refractivity contribution >= 4 is 44.8 Å². The van der Waals surface area contributed by atoms with Crippen molar-refractivity contribution in [2.45, 2.75) is 0 Å². The zero-order valence-corrected chi connectivity index (χ0v) is 14.2. The fourth-order valence-corrected chi connectivity index (χ4v) is 3.70. The van der Waals surface area contributed by atoms with Crippen LogP contribution in [0.5, 0.6) is 0 Å². The molecule has 0 radical (unpaired) electrons. The number of benzene rings is 2. The van der Waals surface area contributed by atoms with Gasteiger partial charge >= 0.3 is 0 Å². The van der Waals surface area contributed by atoms with E-state index in [0.717, 1.165) is 10.9 Å². The largest absolute Gasteiger partial charge is 0.464 e. The van der Waals surface area contributed by atoms with Gasteiger partial charge in [0, 0.05) is 40.7 Å². The lowest BCUT2D eigenvalue weighted by atomic mass is 9.95. The number of fused-ring (bicyclic) bond motifs is 2. The molecule has 4 aromatic rings. The Morgan fingerprint density at radius 3 is 2.52 bits per heavy atom. The number of amides is 2. The zero-order chi connectivity index (χ0) is 18.7. The Morgan fingerprint density at radius 1 is 0.963 bits per heavy atom. The smallest absolute Gasteiger partial charge is 0.259 e. The Balaban J connectivity index is 1.86. The highest BCUT2D eigenvalue weighted by Gasteiger charge is 2.35. The molecule has 0 aliphatic carbocycles. The molecule has 0 spiro atoms. The van der Waals surface area contributed by atoms with Crippen molar-refractivity contribution in [2.24, 2.45) is 7.05 Å². The number of para-hydroxylation sites is 1. The third kappa shape index (κ3) is 2.16. The van der Waals surface area contributed by atoms with E-state index < -0.39 is 17.6 Å². The van der Waals surface area contributed by atoms with Crippen molar-refractivity contribution in [3.05, 3.63) is 71.9 Å². The van der Waals surface area contributed by atoms with Gasteiger partial charge in [-0.3, -0.25) is 14.9 Å². The maximum absolute atomic E-state index is 13.8. The first-order chi connectivity index (χ1) is 13.0. The Hall–Kier alpha value is -3.67. The summed E-state index contributed by atoms with van der Waals surface area (Å²) < 4.78 is 21.1.